The summed E-state index contributed by atoms with van der Waals surface area (Å²) in [5, 5.41) is 30.1. The van der Waals surface area contributed by atoms with Crippen LogP contribution < -0.4 is 5.32 Å². The van der Waals surface area contributed by atoms with E-state index in [-0.39, 0.29) is 5.56 Å². The van der Waals surface area contributed by atoms with E-state index in [4.69, 9.17) is 10.2 Å². The van der Waals surface area contributed by atoms with Crippen molar-refractivity contribution >= 4 is 23.8 Å². The minimum absolute atomic E-state index is 0.272. The Hall–Kier alpha value is -3.68. The third-order valence-corrected chi connectivity index (χ3v) is 3.83. The van der Waals surface area contributed by atoms with Gasteiger partial charge >= 0.3 is 17.9 Å². The summed E-state index contributed by atoms with van der Waals surface area (Å²) < 4.78 is 0. The van der Waals surface area contributed by atoms with Crippen molar-refractivity contribution in [2.45, 2.75) is 12.5 Å². The number of carbonyl (C=O) groups excluding carboxylic acids is 1. The van der Waals surface area contributed by atoms with E-state index in [0.717, 1.165) is 18.2 Å². The Balaban J connectivity index is 2.46. The zero-order valence-corrected chi connectivity index (χ0v) is 13.6. The minimum atomic E-state index is -1.79. The quantitative estimate of drug-likeness (QED) is 0.618. The first kappa shape index (κ1) is 18.7. The van der Waals surface area contributed by atoms with Gasteiger partial charge in [-0.15, -0.1) is 0 Å². The summed E-state index contributed by atoms with van der Waals surface area (Å²) in [5.41, 5.74) is -2.56. The number of carboxylic acids is 3. The molecule has 0 aliphatic carbocycles. The van der Waals surface area contributed by atoms with E-state index in [0.29, 0.717) is 5.56 Å². The molecule has 0 aliphatic rings. The molecule has 0 fully saturated rings. The van der Waals surface area contributed by atoms with Gasteiger partial charge in [0.2, 0.25) is 0 Å². The minimum Gasteiger partial charge on any atom is -0.479 e. The summed E-state index contributed by atoms with van der Waals surface area (Å²) in [6.07, 6.45) is 0. The molecule has 0 saturated carbocycles. The predicted octanol–water partition coefficient (Wildman–Crippen LogP) is 1.81. The first-order chi connectivity index (χ1) is 12.1. The molecule has 0 bridgehead atoms. The van der Waals surface area contributed by atoms with E-state index in [9.17, 15) is 24.3 Å². The van der Waals surface area contributed by atoms with Crippen molar-refractivity contribution in [1.82, 2.24) is 5.32 Å². The zero-order chi connectivity index (χ0) is 19.5. The number of aliphatic carboxylic acids is 1. The Bertz CT molecular complexity index is 859. The molecule has 0 spiro atoms. The van der Waals surface area contributed by atoms with Crippen molar-refractivity contribution in [2.75, 3.05) is 0 Å². The molecule has 0 aliphatic heterocycles. The first-order valence-corrected chi connectivity index (χ1v) is 7.38. The van der Waals surface area contributed by atoms with Crippen LogP contribution in [0.2, 0.25) is 0 Å². The first-order valence-electron chi connectivity index (χ1n) is 7.38. The maximum absolute atomic E-state index is 12.5. The standard InChI is InChI=1S/C18H15NO7/c1-18(17(25)26,13-5-3-2-4-6-13)19-14(20)10-7-11(15(21)22)9-12(8-10)16(23)24/h2-9H,1H3,(H,19,20)(H,21,22)(H,23,24)(H,25,26). The average Bonchev–Trinajstić information content (AvgIpc) is 2.61. The van der Waals surface area contributed by atoms with Gasteiger partial charge < -0.3 is 20.6 Å². The number of aromatic carboxylic acids is 2. The Morgan fingerprint density at radius 2 is 1.27 bits per heavy atom. The average molecular weight is 357 g/mol. The number of rotatable bonds is 6. The molecular weight excluding hydrogens is 342 g/mol. The third-order valence-electron chi connectivity index (χ3n) is 3.83. The van der Waals surface area contributed by atoms with Gasteiger partial charge in [0.05, 0.1) is 11.1 Å². The molecule has 8 heteroatoms. The second-order valence-corrected chi connectivity index (χ2v) is 5.66. The van der Waals surface area contributed by atoms with Crippen LogP contribution in [0.3, 0.4) is 0 Å². The van der Waals surface area contributed by atoms with Crippen molar-refractivity contribution in [1.29, 1.82) is 0 Å². The molecule has 0 saturated heterocycles. The number of nitrogens with one attached hydrogen (secondary N) is 1. The summed E-state index contributed by atoms with van der Waals surface area (Å²) in [6.45, 7) is 1.28. The van der Waals surface area contributed by atoms with Gasteiger partial charge in [-0.2, -0.15) is 0 Å². The number of carbonyl (C=O) groups is 4. The van der Waals surface area contributed by atoms with Crippen LogP contribution in [0.1, 0.15) is 43.6 Å². The van der Waals surface area contributed by atoms with Crippen LogP contribution in [-0.4, -0.2) is 39.1 Å². The number of carboxylic acid groups (broad SMARTS) is 3. The number of hydrogen-bond acceptors (Lipinski definition) is 4. The molecule has 8 nitrogen and oxygen atoms in total. The molecule has 134 valence electrons. The molecule has 0 heterocycles. The summed E-state index contributed by atoms with van der Waals surface area (Å²) in [4.78, 5) is 46.6. The topological polar surface area (TPSA) is 141 Å². The van der Waals surface area contributed by atoms with E-state index >= 15 is 0 Å². The van der Waals surface area contributed by atoms with E-state index in [2.05, 4.69) is 5.32 Å². The highest BCUT2D eigenvalue weighted by Gasteiger charge is 2.37. The van der Waals surface area contributed by atoms with Crippen molar-refractivity contribution in [3.8, 4) is 0 Å². The van der Waals surface area contributed by atoms with Crippen LogP contribution in [0.25, 0.3) is 0 Å². The molecule has 2 aromatic carbocycles. The number of benzene rings is 2. The number of amides is 1. The highest BCUT2D eigenvalue weighted by molar-refractivity contribution is 6.03. The van der Waals surface area contributed by atoms with Crippen LogP contribution in [0, 0.1) is 0 Å². The molecule has 2 aromatic rings. The Kier molecular flexibility index (Phi) is 5.06. The smallest absolute Gasteiger partial charge is 0.335 e. The van der Waals surface area contributed by atoms with Gasteiger partial charge in [0.25, 0.3) is 5.91 Å². The summed E-state index contributed by atoms with van der Waals surface area (Å²) >= 11 is 0. The fraction of sp³-hybridized carbons (Fsp3) is 0.111. The van der Waals surface area contributed by atoms with Crippen molar-refractivity contribution in [2.24, 2.45) is 0 Å². The lowest BCUT2D eigenvalue weighted by Crippen LogP contribution is -2.49. The highest BCUT2D eigenvalue weighted by atomic mass is 16.4. The SMILES string of the molecule is CC(NC(=O)c1cc(C(=O)O)cc(C(=O)O)c1)(C(=O)O)c1ccccc1. The lowest BCUT2D eigenvalue weighted by molar-refractivity contribution is -0.144. The molecule has 1 amide bonds. The van der Waals surface area contributed by atoms with E-state index in [1.54, 1.807) is 18.2 Å². The molecule has 0 radical (unpaired) electrons. The Labute approximate surface area is 147 Å². The van der Waals surface area contributed by atoms with Crippen molar-refractivity contribution < 1.29 is 34.5 Å². The van der Waals surface area contributed by atoms with Gasteiger partial charge in [-0.05, 0) is 30.7 Å². The van der Waals surface area contributed by atoms with Gasteiger partial charge in [0, 0.05) is 5.56 Å². The van der Waals surface area contributed by atoms with Crippen LogP contribution in [0.4, 0.5) is 0 Å². The Morgan fingerprint density at radius 1 is 0.808 bits per heavy atom. The van der Waals surface area contributed by atoms with E-state index in [1.165, 1.54) is 19.1 Å². The van der Waals surface area contributed by atoms with Crippen molar-refractivity contribution in [3.63, 3.8) is 0 Å². The molecule has 4 N–H and O–H groups in total. The molecule has 2 rings (SSSR count). The largest absolute Gasteiger partial charge is 0.479 e. The molecule has 1 atom stereocenters. The second-order valence-electron chi connectivity index (χ2n) is 5.66. The fourth-order valence-corrected chi connectivity index (χ4v) is 2.33. The van der Waals surface area contributed by atoms with Gasteiger partial charge in [0.1, 0.15) is 0 Å². The normalized spacial score (nSPS) is 12.7. The maximum atomic E-state index is 12.5. The fourth-order valence-electron chi connectivity index (χ4n) is 2.33. The summed E-state index contributed by atoms with van der Waals surface area (Å²) in [5.74, 6) is -5.06. The van der Waals surface area contributed by atoms with Crippen LogP contribution >= 0.6 is 0 Å². The lowest BCUT2D eigenvalue weighted by atomic mass is 9.91. The van der Waals surface area contributed by atoms with Crippen LogP contribution in [0.15, 0.2) is 48.5 Å². The highest BCUT2D eigenvalue weighted by Crippen LogP contribution is 2.22. The van der Waals surface area contributed by atoms with Crippen molar-refractivity contribution in [3.05, 3.63) is 70.8 Å². The molecular formula is C18H15NO7. The zero-order valence-electron chi connectivity index (χ0n) is 13.6. The van der Waals surface area contributed by atoms with Gasteiger partial charge in [0.15, 0.2) is 5.54 Å². The van der Waals surface area contributed by atoms with E-state index in [1.807, 2.05) is 0 Å². The molecule has 26 heavy (non-hydrogen) atoms. The Morgan fingerprint density at radius 3 is 1.69 bits per heavy atom. The van der Waals surface area contributed by atoms with Crippen LogP contribution in [-0.2, 0) is 10.3 Å². The van der Waals surface area contributed by atoms with Gasteiger partial charge in [-0.3, -0.25) is 4.79 Å². The monoisotopic (exact) mass is 357 g/mol. The maximum Gasteiger partial charge on any atom is 0.335 e. The number of hydrogen-bond donors (Lipinski definition) is 4. The van der Waals surface area contributed by atoms with Gasteiger partial charge in [-0.25, -0.2) is 14.4 Å². The van der Waals surface area contributed by atoms with E-state index < -0.39 is 40.5 Å². The molecule has 0 aromatic heterocycles. The molecule has 1 unspecified atom stereocenters. The lowest BCUT2D eigenvalue weighted by Gasteiger charge is -2.27. The second kappa shape index (κ2) is 7.06. The predicted molar refractivity (Wildman–Crippen MR) is 89.3 cm³/mol. The van der Waals surface area contributed by atoms with Gasteiger partial charge in [-0.1, -0.05) is 30.3 Å². The summed E-state index contributed by atoms with van der Waals surface area (Å²) in [7, 11) is 0. The van der Waals surface area contributed by atoms with Crippen LogP contribution in [0.5, 0.6) is 0 Å². The summed E-state index contributed by atoms with van der Waals surface area (Å²) in [6, 6.07) is 10.8. The third kappa shape index (κ3) is 3.69.